The lowest BCUT2D eigenvalue weighted by atomic mass is 10.1. The smallest absolute Gasteiger partial charge is 0.253 e. The normalized spacial score (nSPS) is 19.0. The molecule has 0 atom stereocenters. The molecular weight excluding hydrogens is 415 g/mol. The summed E-state index contributed by atoms with van der Waals surface area (Å²) in [5, 5.41) is 0. The van der Waals surface area contributed by atoms with Crippen molar-refractivity contribution in [1.82, 2.24) is 9.80 Å². The SMILES string of the molecule is NC(=O)c1c(F)cc(Br)cc1N1CCN(CC(=O)N2CCCCCC2)CC1. The van der Waals surface area contributed by atoms with Crippen LogP contribution in [0.4, 0.5) is 10.1 Å². The minimum absolute atomic E-state index is 0.0766. The molecular formula is C19H26BrFN4O2. The van der Waals surface area contributed by atoms with Crippen molar-refractivity contribution in [2.75, 3.05) is 50.7 Å². The average molecular weight is 441 g/mol. The number of nitrogens with two attached hydrogens (primary N) is 1. The van der Waals surface area contributed by atoms with Gasteiger partial charge in [0.25, 0.3) is 5.91 Å². The highest BCUT2D eigenvalue weighted by atomic mass is 79.9. The fraction of sp³-hybridized carbons (Fsp3) is 0.579. The number of piperazine rings is 1. The summed E-state index contributed by atoms with van der Waals surface area (Å²) in [7, 11) is 0. The summed E-state index contributed by atoms with van der Waals surface area (Å²) in [6.07, 6.45) is 4.58. The second kappa shape index (κ2) is 9.01. The first-order valence-corrected chi connectivity index (χ1v) is 10.3. The number of benzene rings is 1. The van der Waals surface area contributed by atoms with Crippen LogP contribution in [0.25, 0.3) is 0 Å². The van der Waals surface area contributed by atoms with E-state index >= 15 is 0 Å². The van der Waals surface area contributed by atoms with Gasteiger partial charge in [-0.15, -0.1) is 0 Å². The van der Waals surface area contributed by atoms with Gasteiger partial charge in [0, 0.05) is 43.7 Å². The number of carbonyl (C=O) groups excluding carboxylic acids is 2. The average Bonchev–Trinajstić information content (AvgIpc) is 2.90. The maximum Gasteiger partial charge on any atom is 0.253 e. The van der Waals surface area contributed by atoms with E-state index in [2.05, 4.69) is 20.8 Å². The van der Waals surface area contributed by atoms with Crippen molar-refractivity contribution in [3.05, 3.63) is 28.0 Å². The zero-order chi connectivity index (χ0) is 19.4. The van der Waals surface area contributed by atoms with Gasteiger partial charge < -0.3 is 15.5 Å². The number of halogens is 2. The van der Waals surface area contributed by atoms with Gasteiger partial charge >= 0.3 is 0 Å². The Morgan fingerprint density at radius 2 is 1.63 bits per heavy atom. The number of amides is 2. The Balaban J connectivity index is 1.61. The highest BCUT2D eigenvalue weighted by Crippen LogP contribution is 2.28. The van der Waals surface area contributed by atoms with Gasteiger partial charge in [-0.2, -0.15) is 0 Å². The molecule has 2 saturated heterocycles. The summed E-state index contributed by atoms with van der Waals surface area (Å²) >= 11 is 3.28. The third-order valence-electron chi connectivity index (χ3n) is 5.31. The van der Waals surface area contributed by atoms with Gasteiger partial charge in [0.15, 0.2) is 0 Å². The maximum atomic E-state index is 14.2. The largest absolute Gasteiger partial charge is 0.368 e. The molecule has 0 radical (unpaired) electrons. The van der Waals surface area contributed by atoms with Crippen LogP contribution in [0.15, 0.2) is 16.6 Å². The highest BCUT2D eigenvalue weighted by molar-refractivity contribution is 9.10. The molecule has 1 aromatic carbocycles. The van der Waals surface area contributed by atoms with Crippen molar-refractivity contribution < 1.29 is 14.0 Å². The molecule has 2 aliphatic heterocycles. The van der Waals surface area contributed by atoms with Crippen LogP contribution in [0.3, 0.4) is 0 Å². The quantitative estimate of drug-likeness (QED) is 0.778. The van der Waals surface area contributed by atoms with E-state index in [1.807, 2.05) is 9.80 Å². The van der Waals surface area contributed by atoms with Crippen LogP contribution >= 0.6 is 15.9 Å². The van der Waals surface area contributed by atoms with Gasteiger partial charge in [0.05, 0.1) is 17.8 Å². The van der Waals surface area contributed by atoms with Crippen LogP contribution < -0.4 is 10.6 Å². The first-order valence-electron chi connectivity index (χ1n) is 9.49. The van der Waals surface area contributed by atoms with E-state index in [4.69, 9.17) is 5.73 Å². The Hall–Kier alpha value is -1.67. The molecule has 1 aromatic rings. The van der Waals surface area contributed by atoms with Crippen molar-refractivity contribution in [2.45, 2.75) is 25.7 Å². The third-order valence-corrected chi connectivity index (χ3v) is 5.77. The zero-order valence-corrected chi connectivity index (χ0v) is 17.0. The monoisotopic (exact) mass is 440 g/mol. The van der Waals surface area contributed by atoms with Gasteiger partial charge in [-0.1, -0.05) is 28.8 Å². The Kier molecular flexibility index (Phi) is 6.70. The molecule has 2 amide bonds. The Bertz CT molecular complexity index is 699. The fourth-order valence-electron chi connectivity index (χ4n) is 3.81. The summed E-state index contributed by atoms with van der Waals surface area (Å²) in [4.78, 5) is 30.3. The first kappa shape index (κ1) is 20.1. The van der Waals surface area contributed by atoms with Crippen LogP contribution in [-0.4, -0.2) is 67.4 Å². The molecule has 2 N–H and O–H groups in total. The van der Waals surface area contributed by atoms with Crippen LogP contribution in [0.1, 0.15) is 36.0 Å². The maximum absolute atomic E-state index is 14.2. The zero-order valence-electron chi connectivity index (χ0n) is 15.4. The number of likely N-dealkylation sites (tertiary alicyclic amines) is 1. The van der Waals surface area contributed by atoms with Crippen molar-refractivity contribution in [3.8, 4) is 0 Å². The molecule has 8 heteroatoms. The van der Waals surface area contributed by atoms with E-state index < -0.39 is 11.7 Å². The van der Waals surface area contributed by atoms with Crippen molar-refractivity contribution in [3.63, 3.8) is 0 Å². The summed E-state index contributed by atoms with van der Waals surface area (Å²) in [6, 6.07) is 2.97. The molecule has 0 unspecified atom stereocenters. The lowest BCUT2D eigenvalue weighted by molar-refractivity contribution is -0.132. The van der Waals surface area contributed by atoms with E-state index in [0.29, 0.717) is 42.9 Å². The van der Waals surface area contributed by atoms with Crippen LogP contribution in [0.5, 0.6) is 0 Å². The number of rotatable bonds is 4. The molecule has 0 aromatic heterocycles. The number of primary amides is 1. The first-order chi connectivity index (χ1) is 13.0. The number of hydrogen-bond acceptors (Lipinski definition) is 4. The molecule has 2 fully saturated rings. The summed E-state index contributed by atoms with van der Waals surface area (Å²) in [5.41, 5.74) is 5.81. The van der Waals surface area contributed by atoms with E-state index in [1.54, 1.807) is 6.07 Å². The van der Waals surface area contributed by atoms with Gasteiger partial charge in [-0.05, 0) is 25.0 Å². The van der Waals surface area contributed by atoms with Crippen molar-refractivity contribution in [2.24, 2.45) is 5.73 Å². The Morgan fingerprint density at radius 1 is 1.00 bits per heavy atom. The van der Waals surface area contributed by atoms with Gasteiger partial charge in [0.2, 0.25) is 5.91 Å². The van der Waals surface area contributed by atoms with Crippen LogP contribution in [0.2, 0.25) is 0 Å². The third kappa shape index (κ3) is 4.99. The van der Waals surface area contributed by atoms with Crippen LogP contribution in [0, 0.1) is 5.82 Å². The topological polar surface area (TPSA) is 69.9 Å². The standard InChI is InChI=1S/C19H26BrFN4O2/c20-14-11-15(21)18(19(22)27)16(12-14)24-9-7-23(8-10-24)13-17(26)25-5-3-1-2-4-6-25/h11-12H,1-10,13H2,(H2,22,27). The predicted molar refractivity (Wildman–Crippen MR) is 106 cm³/mol. The van der Waals surface area contributed by atoms with E-state index in [1.165, 1.54) is 18.9 Å². The van der Waals surface area contributed by atoms with Crippen LogP contribution in [-0.2, 0) is 4.79 Å². The number of carbonyl (C=O) groups is 2. The molecule has 6 nitrogen and oxygen atoms in total. The molecule has 0 saturated carbocycles. The van der Waals surface area contributed by atoms with Gasteiger partial charge in [-0.3, -0.25) is 14.5 Å². The molecule has 0 bridgehead atoms. The molecule has 27 heavy (non-hydrogen) atoms. The molecule has 148 valence electrons. The van der Waals surface area contributed by atoms with E-state index in [9.17, 15) is 14.0 Å². The minimum atomic E-state index is -0.770. The van der Waals surface area contributed by atoms with Crippen molar-refractivity contribution >= 4 is 33.4 Å². The predicted octanol–water partition coefficient (Wildman–Crippen LogP) is 2.21. The Labute approximate surface area is 167 Å². The van der Waals surface area contributed by atoms with Gasteiger partial charge in [0.1, 0.15) is 5.82 Å². The highest BCUT2D eigenvalue weighted by Gasteiger charge is 2.26. The number of anilines is 1. The van der Waals surface area contributed by atoms with E-state index in [0.717, 1.165) is 25.9 Å². The summed E-state index contributed by atoms with van der Waals surface area (Å²) in [6.45, 7) is 4.74. The summed E-state index contributed by atoms with van der Waals surface area (Å²) < 4.78 is 14.8. The second-order valence-electron chi connectivity index (χ2n) is 7.20. The van der Waals surface area contributed by atoms with Gasteiger partial charge in [-0.25, -0.2) is 4.39 Å². The van der Waals surface area contributed by atoms with E-state index in [-0.39, 0.29) is 11.5 Å². The minimum Gasteiger partial charge on any atom is -0.368 e. The lowest BCUT2D eigenvalue weighted by Gasteiger charge is -2.37. The lowest BCUT2D eigenvalue weighted by Crippen LogP contribution is -2.50. The number of hydrogen-bond donors (Lipinski definition) is 1. The fourth-order valence-corrected chi connectivity index (χ4v) is 4.23. The van der Waals surface area contributed by atoms with Crippen molar-refractivity contribution in [1.29, 1.82) is 0 Å². The molecule has 0 spiro atoms. The Morgan fingerprint density at radius 3 is 2.22 bits per heavy atom. The molecule has 0 aliphatic carbocycles. The second-order valence-corrected chi connectivity index (χ2v) is 8.12. The summed E-state index contributed by atoms with van der Waals surface area (Å²) in [5.74, 6) is -1.20. The molecule has 2 heterocycles. The number of nitrogens with zero attached hydrogens (tertiary/aromatic N) is 3. The molecule has 3 rings (SSSR count). The molecule has 2 aliphatic rings.